The molecule has 1 N–H and O–H groups in total. The van der Waals surface area contributed by atoms with Gasteiger partial charge >= 0.3 is 11.9 Å². The molecule has 5 nitrogen and oxygen atoms in total. The minimum absolute atomic E-state index is 0.0350. The van der Waals surface area contributed by atoms with E-state index < -0.39 is 22.5 Å². The Labute approximate surface area is 113 Å². The Bertz CT molecular complexity index is 519. The summed E-state index contributed by atoms with van der Waals surface area (Å²) >= 11 is 0. The van der Waals surface area contributed by atoms with Crippen LogP contribution in [-0.4, -0.2) is 15.9 Å². The standard InChI is InChI=1S/C12H14F3N3O2/c1-7-2-3-8(4-7)17-9-5-11(12(13,14)15)16-6-10(9)18(19)20/h5-8H,2-4H2,1H3,(H,16,17). The van der Waals surface area contributed by atoms with E-state index in [4.69, 9.17) is 0 Å². The van der Waals surface area contributed by atoms with Gasteiger partial charge in [0.15, 0.2) is 0 Å². The molecule has 0 saturated heterocycles. The summed E-state index contributed by atoms with van der Waals surface area (Å²) in [5, 5.41) is 13.7. The number of nitro groups is 1. The van der Waals surface area contributed by atoms with Crippen molar-refractivity contribution in [2.24, 2.45) is 5.92 Å². The number of pyridine rings is 1. The zero-order valence-electron chi connectivity index (χ0n) is 10.8. The highest BCUT2D eigenvalue weighted by atomic mass is 19.4. The number of hydrogen-bond donors (Lipinski definition) is 1. The fourth-order valence-corrected chi connectivity index (χ4v) is 2.42. The van der Waals surface area contributed by atoms with Crippen molar-refractivity contribution in [3.05, 3.63) is 28.1 Å². The first-order chi connectivity index (χ1) is 9.27. The smallest absolute Gasteiger partial charge is 0.377 e. The van der Waals surface area contributed by atoms with Gasteiger partial charge in [0.2, 0.25) is 0 Å². The topological polar surface area (TPSA) is 68.1 Å². The Morgan fingerprint density at radius 1 is 1.45 bits per heavy atom. The average Bonchev–Trinajstić information content (AvgIpc) is 2.73. The second-order valence-electron chi connectivity index (χ2n) is 5.10. The summed E-state index contributed by atoms with van der Waals surface area (Å²) in [5.41, 5.74) is -1.68. The Kier molecular flexibility index (Phi) is 3.82. The number of hydrogen-bond acceptors (Lipinski definition) is 4. The third kappa shape index (κ3) is 3.17. The van der Waals surface area contributed by atoms with E-state index in [1.165, 1.54) is 0 Å². The van der Waals surface area contributed by atoms with Gasteiger partial charge < -0.3 is 5.32 Å². The minimum atomic E-state index is -4.62. The van der Waals surface area contributed by atoms with Crippen molar-refractivity contribution in [3.8, 4) is 0 Å². The Balaban J connectivity index is 2.30. The van der Waals surface area contributed by atoms with Crippen LogP contribution in [0.5, 0.6) is 0 Å². The van der Waals surface area contributed by atoms with Crippen LogP contribution in [0.15, 0.2) is 12.3 Å². The predicted octanol–water partition coefficient (Wildman–Crippen LogP) is 3.61. The van der Waals surface area contributed by atoms with Gasteiger partial charge in [0.1, 0.15) is 17.6 Å². The molecule has 2 rings (SSSR count). The molecule has 0 spiro atoms. The fourth-order valence-electron chi connectivity index (χ4n) is 2.42. The first kappa shape index (κ1) is 14.5. The van der Waals surface area contributed by atoms with Gasteiger partial charge in [0.25, 0.3) is 0 Å². The molecular formula is C12H14F3N3O2. The van der Waals surface area contributed by atoms with Gasteiger partial charge in [0.05, 0.1) is 4.92 Å². The van der Waals surface area contributed by atoms with Crippen LogP contribution in [0.1, 0.15) is 31.9 Å². The molecule has 0 bridgehead atoms. The number of alkyl halides is 3. The molecule has 0 radical (unpaired) electrons. The van der Waals surface area contributed by atoms with Crippen molar-refractivity contribution in [1.29, 1.82) is 0 Å². The lowest BCUT2D eigenvalue weighted by Gasteiger charge is -2.15. The molecule has 0 aromatic carbocycles. The van der Waals surface area contributed by atoms with Crippen LogP contribution in [0.3, 0.4) is 0 Å². The van der Waals surface area contributed by atoms with Gasteiger partial charge in [-0.1, -0.05) is 6.92 Å². The normalized spacial score (nSPS) is 22.8. The van der Waals surface area contributed by atoms with Crippen molar-refractivity contribution >= 4 is 11.4 Å². The van der Waals surface area contributed by atoms with Crippen LogP contribution in [0.25, 0.3) is 0 Å². The van der Waals surface area contributed by atoms with Crippen molar-refractivity contribution < 1.29 is 18.1 Å². The van der Waals surface area contributed by atoms with Crippen LogP contribution in [0.2, 0.25) is 0 Å². The van der Waals surface area contributed by atoms with Crippen LogP contribution < -0.4 is 5.32 Å². The summed E-state index contributed by atoms with van der Waals surface area (Å²) in [7, 11) is 0. The summed E-state index contributed by atoms with van der Waals surface area (Å²) in [4.78, 5) is 13.3. The number of halogens is 3. The van der Waals surface area contributed by atoms with Crippen molar-refractivity contribution in [2.45, 2.75) is 38.4 Å². The Morgan fingerprint density at radius 3 is 2.65 bits per heavy atom. The summed E-state index contributed by atoms with van der Waals surface area (Å²) in [5.74, 6) is 0.468. The molecule has 1 aromatic rings. The zero-order valence-corrected chi connectivity index (χ0v) is 10.8. The number of aromatic nitrogens is 1. The molecule has 1 fully saturated rings. The highest BCUT2D eigenvalue weighted by molar-refractivity contribution is 5.61. The number of anilines is 1. The molecule has 1 aliphatic carbocycles. The molecule has 0 aliphatic heterocycles. The van der Waals surface area contributed by atoms with Gasteiger partial charge in [-0.2, -0.15) is 13.2 Å². The predicted molar refractivity (Wildman–Crippen MR) is 66.3 cm³/mol. The van der Waals surface area contributed by atoms with E-state index in [2.05, 4.69) is 10.3 Å². The zero-order chi connectivity index (χ0) is 14.9. The third-order valence-corrected chi connectivity index (χ3v) is 3.42. The molecule has 1 saturated carbocycles. The lowest BCUT2D eigenvalue weighted by molar-refractivity contribution is -0.384. The quantitative estimate of drug-likeness (QED) is 0.681. The maximum Gasteiger partial charge on any atom is 0.433 e. The van der Waals surface area contributed by atoms with E-state index in [-0.39, 0.29) is 11.7 Å². The maximum absolute atomic E-state index is 12.6. The lowest BCUT2D eigenvalue weighted by atomic mass is 10.1. The Morgan fingerprint density at radius 2 is 2.15 bits per heavy atom. The second-order valence-corrected chi connectivity index (χ2v) is 5.10. The van der Waals surface area contributed by atoms with Crippen molar-refractivity contribution in [1.82, 2.24) is 4.98 Å². The highest BCUT2D eigenvalue weighted by Crippen LogP contribution is 2.35. The minimum Gasteiger partial charge on any atom is -0.377 e. The molecule has 2 atom stereocenters. The third-order valence-electron chi connectivity index (χ3n) is 3.42. The first-order valence-electron chi connectivity index (χ1n) is 6.25. The summed E-state index contributed by atoms with van der Waals surface area (Å²) in [6.45, 7) is 2.05. The van der Waals surface area contributed by atoms with E-state index in [1.807, 2.05) is 6.92 Å². The summed E-state index contributed by atoms with van der Waals surface area (Å²) in [6.07, 6.45) is -1.41. The largest absolute Gasteiger partial charge is 0.433 e. The van der Waals surface area contributed by atoms with Crippen LogP contribution in [0.4, 0.5) is 24.5 Å². The molecule has 0 amide bonds. The summed E-state index contributed by atoms with van der Waals surface area (Å²) < 4.78 is 37.8. The molecule has 2 unspecified atom stereocenters. The highest BCUT2D eigenvalue weighted by Gasteiger charge is 2.35. The molecular weight excluding hydrogens is 275 g/mol. The van der Waals surface area contributed by atoms with Gasteiger partial charge in [-0.25, -0.2) is 4.98 Å². The first-order valence-corrected chi connectivity index (χ1v) is 6.25. The van der Waals surface area contributed by atoms with E-state index in [9.17, 15) is 23.3 Å². The molecule has 20 heavy (non-hydrogen) atoms. The van der Waals surface area contributed by atoms with Gasteiger partial charge in [-0.3, -0.25) is 10.1 Å². The monoisotopic (exact) mass is 289 g/mol. The van der Waals surface area contributed by atoms with E-state index >= 15 is 0 Å². The second kappa shape index (κ2) is 5.26. The van der Waals surface area contributed by atoms with Crippen LogP contribution in [0, 0.1) is 16.0 Å². The molecule has 110 valence electrons. The number of nitrogens with one attached hydrogen (secondary N) is 1. The average molecular weight is 289 g/mol. The molecule has 1 aliphatic rings. The van der Waals surface area contributed by atoms with E-state index in [0.29, 0.717) is 18.2 Å². The van der Waals surface area contributed by atoms with Crippen LogP contribution in [-0.2, 0) is 6.18 Å². The number of nitrogens with zero attached hydrogens (tertiary/aromatic N) is 2. The van der Waals surface area contributed by atoms with E-state index in [0.717, 1.165) is 19.3 Å². The molecule has 1 aromatic heterocycles. The maximum atomic E-state index is 12.6. The van der Waals surface area contributed by atoms with Crippen molar-refractivity contribution in [3.63, 3.8) is 0 Å². The Hall–Kier alpha value is -1.86. The van der Waals surface area contributed by atoms with Crippen LogP contribution >= 0.6 is 0 Å². The van der Waals surface area contributed by atoms with E-state index in [1.54, 1.807) is 0 Å². The van der Waals surface area contributed by atoms with Gasteiger partial charge in [-0.05, 0) is 31.2 Å². The molecule has 1 heterocycles. The fraction of sp³-hybridized carbons (Fsp3) is 0.583. The summed E-state index contributed by atoms with van der Waals surface area (Å²) in [6, 6.07) is 0.674. The molecule has 8 heteroatoms. The number of rotatable bonds is 3. The van der Waals surface area contributed by atoms with Crippen molar-refractivity contribution in [2.75, 3.05) is 5.32 Å². The SMILES string of the molecule is CC1CCC(Nc2cc(C(F)(F)F)ncc2[N+](=O)[O-])C1. The van der Waals surface area contributed by atoms with Gasteiger partial charge in [0, 0.05) is 6.04 Å². The lowest BCUT2D eigenvalue weighted by Crippen LogP contribution is -2.18. The van der Waals surface area contributed by atoms with Gasteiger partial charge in [-0.15, -0.1) is 0 Å².